The number of aromatic nitrogens is 3. The Morgan fingerprint density at radius 2 is 2.04 bits per heavy atom. The zero-order valence-corrected chi connectivity index (χ0v) is 17.2. The number of nitrogens with zero attached hydrogens (tertiary/aromatic N) is 4. The van der Waals surface area contributed by atoms with Crippen LogP contribution in [0.15, 0.2) is 30.6 Å². The second-order valence-electron chi connectivity index (χ2n) is 7.95. The first-order valence-electron chi connectivity index (χ1n) is 10.2. The molecule has 1 saturated heterocycles. The number of hydrogen-bond donors (Lipinski definition) is 0. The van der Waals surface area contributed by atoms with Crippen LogP contribution in [0.25, 0.3) is 10.9 Å². The van der Waals surface area contributed by atoms with Gasteiger partial charge in [-0.1, -0.05) is 11.6 Å². The molecule has 2 aromatic heterocycles. The average molecular weight is 377 g/mol. The van der Waals surface area contributed by atoms with E-state index in [1.807, 2.05) is 30.3 Å². The van der Waals surface area contributed by atoms with Gasteiger partial charge < -0.3 is 9.47 Å². The van der Waals surface area contributed by atoms with Gasteiger partial charge in [0.1, 0.15) is 5.82 Å². The molecule has 0 spiro atoms. The molecule has 1 aromatic carbocycles. The lowest BCUT2D eigenvalue weighted by atomic mass is 9.95. The molecule has 146 valence electrons. The number of hydrogen-bond acceptors (Lipinski definition) is 3. The summed E-state index contributed by atoms with van der Waals surface area (Å²) < 4.78 is 2.19. The number of pyridine rings is 1. The van der Waals surface area contributed by atoms with E-state index in [0.717, 1.165) is 71.6 Å². The zero-order valence-electron chi connectivity index (χ0n) is 17.2. The molecule has 1 unspecified atom stereocenters. The summed E-state index contributed by atoms with van der Waals surface area (Å²) in [5.41, 5.74) is 4.87. The van der Waals surface area contributed by atoms with Crippen molar-refractivity contribution in [2.24, 2.45) is 0 Å². The molecule has 1 fully saturated rings. The van der Waals surface area contributed by atoms with E-state index in [1.165, 1.54) is 0 Å². The van der Waals surface area contributed by atoms with E-state index in [-0.39, 0.29) is 5.91 Å². The molecule has 3 aromatic rings. The highest BCUT2D eigenvalue weighted by atomic mass is 16.2. The second-order valence-corrected chi connectivity index (χ2v) is 7.95. The minimum Gasteiger partial charge on any atom is -0.338 e. The molecule has 3 heterocycles. The van der Waals surface area contributed by atoms with Crippen LogP contribution in [0.2, 0.25) is 0 Å². The van der Waals surface area contributed by atoms with Crippen LogP contribution in [0.3, 0.4) is 0 Å². The summed E-state index contributed by atoms with van der Waals surface area (Å²) in [5, 5.41) is 0.963. The van der Waals surface area contributed by atoms with Gasteiger partial charge in [0.25, 0.3) is 5.91 Å². The van der Waals surface area contributed by atoms with Crippen LogP contribution in [0.4, 0.5) is 0 Å². The van der Waals surface area contributed by atoms with Gasteiger partial charge in [-0.3, -0.25) is 9.78 Å². The van der Waals surface area contributed by atoms with Crippen molar-refractivity contribution in [3.05, 3.63) is 58.8 Å². The summed E-state index contributed by atoms with van der Waals surface area (Å²) in [6.45, 7) is 10.7. The maximum Gasteiger partial charge on any atom is 0.254 e. The number of amides is 1. The van der Waals surface area contributed by atoms with E-state index in [4.69, 9.17) is 4.98 Å². The third kappa shape index (κ3) is 3.30. The van der Waals surface area contributed by atoms with Crippen molar-refractivity contribution in [2.45, 2.75) is 53.0 Å². The third-order valence-electron chi connectivity index (χ3n) is 5.77. The van der Waals surface area contributed by atoms with Gasteiger partial charge in [-0.05, 0) is 58.2 Å². The first-order chi connectivity index (χ1) is 13.5. The first kappa shape index (κ1) is 18.7. The fourth-order valence-corrected chi connectivity index (χ4v) is 4.48. The topological polar surface area (TPSA) is 51.0 Å². The molecule has 0 saturated carbocycles. The summed E-state index contributed by atoms with van der Waals surface area (Å²) in [6.07, 6.45) is 5.98. The zero-order chi connectivity index (χ0) is 19.8. The highest BCUT2D eigenvalue weighted by Gasteiger charge is 2.29. The number of likely N-dealkylation sites (tertiary alicyclic amines) is 1. The lowest BCUT2D eigenvalue weighted by Crippen LogP contribution is -2.40. The normalized spacial score (nSPS) is 17.3. The molecule has 0 bridgehead atoms. The number of imidazole rings is 1. The van der Waals surface area contributed by atoms with Crippen LogP contribution in [-0.4, -0.2) is 38.4 Å². The highest BCUT2D eigenvalue weighted by molar-refractivity contribution is 6.07. The van der Waals surface area contributed by atoms with E-state index in [9.17, 15) is 4.79 Å². The minimum atomic E-state index is 0.111. The van der Waals surface area contributed by atoms with Crippen LogP contribution >= 0.6 is 0 Å². The Bertz CT molecular complexity index is 1040. The standard InChI is InChI=1S/C23H28N4O/c1-5-26-10-8-24-22(26)18-7-6-9-27(14-18)23(28)20-13-17(4)25-21-16(3)11-15(2)12-19(20)21/h8,10-13,18H,5-7,9,14H2,1-4H3. The van der Waals surface area contributed by atoms with Gasteiger partial charge in [0.2, 0.25) is 0 Å². The summed E-state index contributed by atoms with van der Waals surface area (Å²) in [6, 6.07) is 6.16. The minimum absolute atomic E-state index is 0.111. The Hall–Kier alpha value is -2.69. The van der Waals surface area contributed by atoms with Gasteiger partial charge in [-0.2, -0.15) is 0 Å². The Labute approximate surface area is 166 Å². The molecule has 1 atom stereocenters. The fourth-order valence-electron chi connectivity index (χ4n) is 4.48. The van der Waals surface area contributed by atoms with E-state index in [2.05, 4.69) is 42.5 Å². The maximum atomic E-state index is 13.5. The summed E-state index contributed by atoms with van der Waals surface area (Å²) in [7, 11) is 0. The van der Waals surface area contributed by atoms with E-state index < -0.39 is 0 Å². The smallest absolute Gasteiger partial charge is 0.254 e. The molecule has 1 aliphatic heterocycles. The predicted octanol–water partition coefficient (Wildman–Crippen LogP) is 4.40. The van der Waals surface area contributed by atoms with Gasteiger partial charge in [0.05, 0.1) is 11.1 Å². The molecule has 0 N–H and O–H groups in total. The number of benzene rings is 1. The van der Waals surface area contributed by atoms with Crippen LogP contribution in [0.1, 0.15) is 58.7 Å². The van der Waals surface area contributed by atoms with Crippen molar-refractivity contribution in [3.63, 3.8) is 0 Å². The lowest BCUT2D eigenvalue weighted by Gasteiger charge is -2.33. The van der Waals surface area contributed by atoms with Crippen LogP contribution in [0, 0.1) is 20.8 Å². The molecule has 0 radical (unpaired) electrons. The molecular weight excluding hydrogens is 348 g/mol. The monoisotopic (exact) mass is 376 g/mol. The van der Waals surface area contributed by atoms with Gasteiger partial charge in [0.15, 0.2) is 0 Å². The van der Waals surface area contributed by atoms with Gasteiger partial charge >= 0.3 is 0 Å². The molecular formula is C23H28N4O. The van der Waals surface area contributed by atoms with Gasteiger partial charge in [-0.25, -0.2) is 4.98 Å². The number of carbonyl (C=O) groups excluding carboxylic acids is 1. The Morgan fingerprint density at radius 1 is 1.21 bits per heavy atom. The Balaban J connectivity index is 1.69. The van der Waals surface area contributed by atoms with Crippen molar-refractivity contribution in [1.29, 1.82) is 0 Å². The number of aryl methyl sites for hydroxylation is 4. The van der Waals surface area contributed by atoms with Crippen molar-refractivity contribution in [1.82, 2.24) is 19.4 Å². The van der Waals surface area contributed by atoms with Gasteiger partial charge in [-0.15, -0.1) is 0 Å². The summed E-state index contributed by atoms with van der Waals surface area (Å²) in [4.78, 5) is 24.8. The Morgan fingerprint density at radius 3 is 2.82 bits per heavy atom. The van der Waals surface area contributed by atoms with Crippen LogP contribution < -0.4 is 0 Å². The fraction of sp³-hybridized carbons (Fsp3) is 0.435. The molecule has 5 heteroatoms. The number of rotatable bonds is 3. The molecule has 5 nitrogen and oxygen atoms in total. The molecule has 0 aliphatic carbocycles. The number of carbonyl (C=O) groups is 1. The SMILES string of the molecule is CCn1ccnc1C1CCCN(C(=O)c2cc(C)nc3c(C)cc(C)cc23)C1. The van der Waals surface area contributed by atoms with Crippen molar-refractivity contribution in [3.8, 4) is 0 Å². The van der Waals surface area contributed by atoms with Crippen molar-refractivity contribution in [2.75, 3.05) is 13.1 Å². The molecule has 28 heavy (non-hydrogen) atoms. The predicted molar refractivity (Wildman–Crippen MR) is 112 cm³/mol. The molecule has 4 rings (SSSR count). The maximum absolute atomic E-state index is 13.5. The van der Waals surface area contributed by atoms with E-state index in [1.54, 1.807) is 0 Å². The number of piperidine rings is 1. The van der Waals surface area contributed by atoms with E-state index >= 15 is 0 Å². The van der Waals surface area contributed by atoms with Crippen molar-refractivity contribution < 1.29 is 4.79 Å². The quantitative estimate of drug-likeness (QED) is 0.681. The van der Waals surface area contributed by atoms with E-state index in [0.29, 0.717) is 5.92 Å². The highest BCUT2D eigenvalue weighted by Crippen LogP contribution is 2.29. The van der Waals surface area contributed by atoms with Gasteiger partial charge in [0, 0.05) is 49.0 Å². The number of fused-ring (bicyclic) bond motifs is 1. The average Bonchev–Trinajstić information content (AvgIpc) is 3.16. The lowest BCUT2D eigenvalue weighted by molar-refractivity contribution is 0.0705. The second kappa shape index (κ2) is 7.38. The third-order valence-corrected chi connectivity index (χ3v) is 5.77. The Kier molecular flexibility index (Phi) is 4.92. The van der Waals surface area contributed by atoms with Crippen LogP contribution in [0.5, 0.6) is 0 Å². The summed E-state index contributed by atoms with van der Waals surface area (Å²) in [5.74, 6) is 1.51. The van der Waals surface area contributed by atoms with Crippen LogP contribution in [-0.2, 0) is 6.54 Å². The first-order valence-corrected chi connectivity index (χ1v) is 10.2. The summed E-state index contributed by atoms with van der Waals surface area (Å²) >= 11 is 0. The molecule has 1 amide bonds. The largest absolute Gasteiger partial charge is 0.338 e. The van der Waals surface area contributed by atoms with Crippen molar-refractivity contribution >= 4 is 16.8 Å². The molecule has 1 aliphatic rings.